The van der Waals surface area contributed by atoms with Crippen molar-refractivity contribution >= 4 is 16.8 Å². The van der Waals surface area contributed by atoms with E-state index in [2.05, 4.69) is 9.88 Å². The molecule has 23 heavy (non-hydrogen) atoms. The van der Waals surface area contributed by atoms with Crippen LogP contribution in [0.5, 0.6) is 0 Å². The Kier molecular flexibility index (Phi) is 3.65. The first-order valence-electron chi connectivity index (χ1n) is 8.36. The molecular weight excluding hydrogens is 290 g/mol. The van der Waals surface area contributed by atoms with Gasteiger partial charge in [0.25, 0.3) is 5.91 Å². The zero-order chi connectivity index (χ0) is 15.8. The second-order valence-electron chi connectivity index (χ2n) is 6.53. The highest BCUT2D eigenvalue weighted by Crippen LogP contribution is 2.31. The lowest BCUT2D eigenvalue weighted by Gasteiger charge is -2.27. The third-order valence-corrected chi connectivity index (χ3v) is 4.77. The minimum Gasteiger partial charge on any atom is -0.346 e. The average molecular weight is 311 g/mol. The molecule has 1 N–H and O–H groups in total. The van der Waals surface area contributed by atoms with E-state index in [1.165, 1.54) is 12.8 Å². The van der Waals surface area contributed by atoms with E-state index in [0.29, 0.717) is 30.0 Å². The number of nitrogens with zero attached hydrogens (tertiary/aromatic N) is 2. The summed E-state index contributed by atoms with van der Waals surface area (Å²) in [5.41, 5.74) is 1.10. The maximum Gasteiger partial charge on any atom is 0.259 e. The van der Waals surface area contributed by atoms with Crippen molar-refractivity contribution in [3.63, 3.8) is 0 Å². The number of fused-ring (bicyclic) bond motifs is 1. The van der Waals surface area contributed by atoms with Gasteiger partial charge in [-0.15, -0.1) is 0 Å². The van der Waals surface area contributed by atoms with Crippen molar-refractivity contribution in [2.75, 3.05) is 26.2 Å². The molecule has 1 aliphatic heterocycles. The number of nitrogens with one attached hydrogen (secondary N) is 1. The lowest BCUT2D eigenvalue weighted by atomic mass is 10.1. The summed E-state index contributed by atoms with van der Waals surface area (Å²) < 4.78 is 2.10. The predicted octanol–water partition coefficient (Wildman–Crippen LogP) is 1.46. The number of carbonyl (C=O) groups is 1. The van der Waals surface area contributed by atoms with Crippen molar-refractivity contribution in [1.82, 2.24) is 14.8 Å². The van der Waals surface area contributed by atoms with Crippen LogP contribution in [0.15, 0.2) is 35.3 Å². The largest absolute Gasteiger partial charge is 0.346 e. The average Bonchev–Trinajstić information content (AvgIpc) is 3.42. The van der Waals surface area contributed by atoms with Crippen LogP contribution in [0.4, 0.5) is 0 Å². The highest BCUT2D eigenvalue weighted by Gasteiger charge is 2.25. The second kappa shape index (κ2) is 5.81. The predicted molar refractivity (Wildman–Crippen MR) is 89.7 cm³/mol. The molecule has 5 nitrogen and oxygen atoms in total. The van der Waals surface area contributed by atoms with Gasteiger partial charge in [0.05, 0.1) is 5.52 Å². The van der Waals surface area contributed by atoms with Crippen LogP contribution in [0.1, 0.15) is 23.2 Å². The van der Waals surface area contributed by atoms with Gasteiger partial charge in [0.15, 0.2) is 0 Å². The monoisotopic (exact) mass is 311 g/mol. The third kappa shape index (κ3) is 2.77. The fourth-order valence-corrected chi connectivity index (χ4v) is 3.27. The molecule has 1 aromatic carbocycles. The van der Waals surface area contributed by atoms with Crippen LogP contribution in [-0.4, -0.2) is 41.6 Å². The minimum absolute atomic E-state index is 0.133. The molecule has 2 fully saturated rings. The summed E-state index contributed by atoms with van der Waals surface area (Å²) in [5, 5.41) is 3.88. The van der Waals surface area contributed by atoms with Crippen molar-refractivity contribution in [1.29, 1.82) is 0 Å². The Morgan fingerprint density at radius 3 is 2.65 bits per heavy atom. The molecule has 120 valence electrons. The Hall–Kier alpha value is -2.14. The number of amides is 1. The smallest absolute Gasteiger partial charge is 0.259 e. The summed E-state index contributed by atoms with van der Waals surface area (Å²) in [7, 11) is 0. The number of aromatic nitrogens is 1. The number of hydrogen-bond donors (Lipinski definition) is 1. The highest BCUT2D eigenvalue weighted by atomic mass is 16.2. The van der Waals surface area contributed by atoms with E-state index >= 15 is 0 Å². The molecule has 0 bridgehead atoms. The van der Waals surface area contributed by atoms with Crippen LogP contribution in [0, 0.1) is 5.92 Å². The Bertz CT molecular complexity index is 802. The molecule has 5 heteroatoms. The first-order valence-corrected chi connectivity index (χ1v) is 8.36. The van der Waals surface area contributed by atoms with Crippen molar-refractivity contribution in [3.05, 3.63) is 46.2 Å². The molecule has 2 heterocycles. The maximum absolute atomic E-state index is 12.8. The first kappa shape index (κ1) is 14.5. The van der Waals surface area contributed by atoms with Gasteiger partial charge >= 0.3 is 0 Å². The molecule has 1 saturated heterocycles. The molecule has 1 amide bonds. The molecule has 2 aromatic rings. The van der Waals surface area contributed by atoms with Crippen molar-refractivity contribution in [3.8, 4) is 0 Å². The molecule has 0 radical (unpaired) electrons. The van der Waals surface area contributed by atoms with Crippen LogP contribution < -0.4 is 10.7 Å². The van der Waals surface area contributed by atoms with E-state index in [1.54, 1.807) is 11.1 Å². The Labute approximate surface area is 134 Å². The van der Waals surface area contributed by atoms with Crippen molar-refractivity contribution in [2.45, 2.75) is 19.4 Å². The quantitative estimate of drug-likeness (QED) is 0.933. The van der Waals surface area contributed by atoms with Crippen LogP contribution >= 0.6 is 0 Å². The van der Waals surface area contributed by atoms with Gasteiger partial charge in [-0.3, -0.25) is 9.59 Å². The molecule has 4 rings (SSSR count). The summed E-state index contributed by atoms with van der Waals surface area (Å²) in [6.07, 6.45) is 4.26. The summed E-state index contributed by atoms with van der Waals surface area (Å²) >= 11 is 0. The van der Waals surface area contributed by atoms with Crippen LogP contribution in [-0.2, 0) is 6.54 Å². The van der Waals surface area contributed by atoms with E-state index in [9.17, 15) is 9.59 Å². The molecular formula is C18H21N3O2. The summed E-state index contributed by atoms with van der Waals surface area (Å²) in [4.78, 5) is 27.4. The Morgan fingerprint density at radius 1 is 1.17 bits per heavy atom. The zero-order valence-electron chi connectivity index (χ0n) is 13.1. The normalized spacial score (nSPS) is 18.3. The van der Waals surface area contributed by atoms with Crippen LogP contribution in [0.2, 0.25) is 0 Å². The van der Waals surface area contributed by atoms with Gasteiger partial charge in [-0.25, -0.2) is 0 Å². The fourth-order valence-electron chi connectivity index (χ4n) is 3.27. The van der Waals surface area contributed by atoms with Gasteiger partial charge in [0, 0.05) is 44.3 Å². The van der Waals surface area contributed by atoms with Crippen LogP contribution in [0.25, 0.3) is 10.9 Å². The molecule has 1 aromatic heterocycles. The highest BCUT2D eigenvalue weighted by molar-refractivity contribution is 5.97. The van der Waals surface area contributed by atoms with Gasteiger partial charge in [0.2, 0.25) is 5.43 Å². The molecule has 1 aliphatic carbocycles. The van der Waals surface area contributed by atoms with E-state index in [-0.39, 0.29) is 11.3 Å². The summed E-state index contributed by atoms with van der Waals surface area (Å²) in [6.45, 7) is 3.79. The van der Waals surface area contributed by atoms with E-state index in [4.69, 9.17) is 0 Å². The first-order chi connectivity index (χ1) is 11.2. The lowest BCUT2D eigenvalue weighted by Crippen LogP contribution is -2.47. The Balaban J connectivity index is 1.80. The third-order valence-electron chi connectivity index (χ3n) is 4.77. The lowest BCUT2D eigenvalue weighted by molar-refractivity contribution is 0.0734. The number of piperazine rings is 1. The number of carbonyl (C=O) groups excluding carboxylic acids is 1. The number of para-hydroxylation sites is 1. The van der Waals surface area contributed by atoms with E-state index < -0.39 is 0 Å². The molecule has 2 aliphatic rings. The number of pyridine rings is 1. The maximum atomic E-state index is 12.8. The number of rotatable bonds is 3. The van der Waals surface area contributed by atoms with Crippen molar-refractivity contribution < 1.29 is 4.79 Å². The second-order valence-corrected chi connectivity index (χ2v) is 6.53. The molecule has 0 atom stereocenters. The standard InChI is InChI=1S/C18H21N3O2/c22-17-14-3-1-2-4-16(14)21(11-13-5-6-13)12-15(17)18(23)20-9-7-19-8-10-20/h1-4,12-13,19H,5-11H2. The number of hydrogen-bond acceptors (Lipinski definition) is 3. The van der Waals surface area contributed by atoms with Gasteiger partial charge < -0.3 is 14.8 Å². The Morgan fingerprint density at radius 2 is 1.91 bits per heavy atom. The molecule has 0 unspecified atom stereocenters. The molecule has 0 spiro atoms. The van der Waals surface area contributed by atoms with Gasteiger partial charge in [-0.05, 0) is 30.9 Å². The van der Waals surface area contributed by atoms with Crippen molar-refractivity contribution in [2.24, 2.45) is 5.92 Å². The van der Waals surface area contributed by atoms with Gasteiger partial charge in [0.1, 0.15) is 5.56 Å². The minimum atomic E-state index is -0.142. The topological polar surface area (TPSA) is 54.3 Å². The molecule has 1 saturated carbocycles. The fraction of sp³-hybridized carbons (Fsp3) is 0.444. The zero-order valence-corrected chi connectivity index (χ0v) is 13.1. The van der Waals surface area contributed by atoms with Crippen LogP contribution in [0.3, 0.4) is 0 Å². The van der Waals surface area contributed by atoms with E-state index in [1.807, 2.05) is 24.3 Å². The number of benzene rings is 1. The van der Waals surface area contributed by atoms with E-state index in [0.717, 1.165) is 25.2 Å². The van der Waals surface area contributed by atoms with Gasteiger partial charge in [-0.1, -0.05) is 12.1 Å². The summed E-state index contributed by atoms with van der Waals surface area (Å²) in [6, 6.07) is 7.61. The van der Waals surface area contributed by atoms with Gasteiger partial charge in [-0.2, -0.15) is 0 Å². The SMILES string of the molecule is O=C(c1cn(CC2CC2)c2ccccc2c1=O)N1CCNCC1. The summed E-state index contributed by atoms with van der Waals surface area (Å²) in [5.74, 6) is 0.551.